The first kappa shape index (κ1) is 22.0. The summed E-state index contributed by atoms with van der Waals surface area (Å²) in [5, 5.41) is 3.16. The number of piperidine rings is 1. The number of carbonyl (C=O) groups is 2. The highest BCUT2D eigenvalue weighted by Crippen LogP contribution is 2.35. The van der Waals surface area contributed by atoms with E-state index < -0.39 is 0 Å². The fourth-order valence-electron chi connectivity index (χ4n) is 4.14. The van der Waals surface area contributed by atoms with Gasteiger partial charge < -0.3 is 15.0 Å². The van der Waals surface area contributed by atoms with Crippen LogP contribution in [0.15, 0.2) is 54.6 Å². The van der Waals surface area contributed by atoms with Gasteiger partial charge in [0.05, 0.1) is 0 Å². The fourth-order valence-corrected chi connectivity index (χ4v) is 4.14. The molecule has 5 heteroatoms. The van der Waals surface area contributed by atoms with Crippen molar-refractivity contribution in [1.29, 1.82) is 0 Å². The van der Waals surface area contributed by atoms with E-state index in [1.54, 1.807) is 24.3 Å². The molecule has 0 aromatic heterocycles. The third kappa shape index (κ3) is 5.70. The number of unbranched alkanes of at least 4 members (excludes halogenated alkanes) is 1. The van der Waals surface area contributed by atoms with Crippen molar-refractivity contribution in [1.82, 2.24) is 10.2 Å². The number of amides is 1. The first-order valence-electron chi connectivity index (χ1n) is 10.9. The van der Waals surface area contributed by atoms with E-state index in [0.29, 0.717) is 17.9 Å². The number of nitrogens with one attached hydrogen (secondary N) is 1. The smallest absolute Gasteiger partial charge is 0.308 e. The van der Waals surface area contributed by atoms with Crippen LogP contribution in [0.4, 0.5) is 0 Å². The Bertz CT molecular complexity index is 825. The maximum absolute atomic E-state index is 12.8. The number of nitrogens with zero attached hydrogens (tertiary/aromatic N) is 1. The summed E-state index contributed by atoms with van der Waals surface area (Å²) in [6, 6.07) is 17.2. The largest absolute Gasteiger partial charge is 0.427 e. The van der Waals surface area contributed by atoms with E-state index in [4.69, 9.17) is 4.74 Å². The van der Waals surface area contributed by atoms with Gasteiger partial charge in [0.25, 0.3) is 5.91 Å². The van der Waals surface area contributed by atoms with Crippen molar-refractivity contribution >= 4 is 11.9 Å². The Labute approximate surface area is 179 Å². The third-order valence-electron chi connectivity index (χ3n) is 5.99. The summed E-state index contributed by atoms with van der Waals surface area (Å²) in [6.45, 7) is 7.47. The molecule has 0 radical (unpaired) electrons. The molecular formula is C25H32N2O3. The van der Waals surface area contributed by atoms with Crippen molar-refractivity contribution in [2.45, 2.75) is 44.9 Å². The van der Waals surface area contributed by atoms with E-state index in [0.717, 1.165) is 32.5 Å². The molecule has 5 nitrogen and oxygen atoms in total. The SMILES string of the molecule is CCCCN1CCC(CNC(=O)c2ccc(OC(C)=O)cc2)(c2ccccc2)CC1. The van der Waals surface area contributed by atoms with Gasteiger partial charge in [-0.3, -0.25) is 9.59 Å². The van der Waals surface area contributed by atoms with Gasteiger partial charge in [-0.25, -0.2) is 0 Å². The maximum Gasteiger partial charge on any atom is 0.308 e. The number of hydrogen-bond acceptors (Lipinski definition) is 4. The second-order valence-electron chi connectivity index (χ2n) is 8.14. The van der Waals surface area contributed by atoms with Crippen molar-refractivity contribution in [2.75, 3.05) is 26.2 Å². The topological polar surface area (TPSA) is 58.6 Å². The maximum atomic E-state index is 12.8. The minimum Gasteiger partial charge on any atom is -0.427 e. The summed E-state index contributed by atoms with van der Waals surface area (Å²) in [7, 11) is 0. The lowest BCUT2D eigenvalue weighted by Crippen LogP contribution is -2.49. The molecule has 1 aliphatic rings. The molecule has 1 amide bonds. The van der Waals surface area contributed by atoms with Gasteiger partial charge in [0.15, 0.2) is 0 Å². The van der Waals surface area contributed by atoms with Crippen LogP contribution in [0.25, 0.3) is 0 Å². The Balaban J connectivity index is 1.67. The molecule has 2 aromatic carbocycles. The van der Waals surface area contributed by atoms with Crippen molar-refractivity contribution < 1.29 is 14.3 Å². The summed E-state index contributed by atoms with van der Waals surface area (Å²) in [5.74, 6) is -0.0327. The molecule has 1 aliphatic heterocycles. The Morgan fingerprint density at radius 1 is 1.03 bits per heavy atom. The molecule has 0 atom stereocenters. The van der Waals surface area contributed by atoms with Crippen LogP contribution in [-0.4, -0.2) is 43.0 Å². The molecule has 1 heterocycles. The number of likely N-dealkylation sites (tertiary alicyclic amines) is 1. The van der Waals surface area contributed by atoms with Crippen LogP contribution >= 0.6 is 0 Å². The first-order chi connectivity index (χ1) is 14.5. The minimum atomic E-state index is -0.373. The van der Waals surface area contributed by atoms with E-state index in [1.807, 2.05) is 6.07 Å². The fraction of sp³-hybridized carbons (Fsp3) is 0.440. The molecule has 1 fully saturated rings. The van der Waals surface area contributed by atoms with Crippen LogP contribution in [0, 0.1) is 0 Å². The molecule has 0 unspecified atom stereocenters. The lowest BCUT2D eigenvalue weighted by molar-refractivity contribution is -0.131. The summed E-state index contributed by atoms with van der Waals surface area (Å²) in [4.78, 5) is 26.4. The summed E-state index contributed by atoms with van der Waals surface area (Å²) < 4.78 is 5.04. The lowest BCUT2D eigenvalue weighted by Gasteiger charge is -2.42. The predicted molar refractivity (Wildman–Crippen MR) is 119 cm³/mol. The van der Waals surface area contributed by atoms with Crippen LogP contribution in [0.3, 0.4) is 0 Å². The van der Waals surface area contributed by atoms with E-state index in [1.165, 1.54) is 25.3 Å². The quantitative estimate of drug-likeness (QED) is 0.526. The molecule has 3 rings (SSSR count). The minimum absolute atomic E-state index is 0.0443. The lowest BCUT2D eigenvalue weighted by atomic mass is 9.72. The number of benzene rings is 2. The average molecular weight is 409 g/mol. The highest BCUT2D eigenvalue weighted by molar-refractivity contribution is 5.94. The van der Waals surface area contributed by atoms with Gasteiger partial charge in [-0.2, -0.15) is 0 Å². The van der Waals surface area contributed by atoms with Gasteiger partial charge in [0.2, 0.25) is 0 Å². The predicted octanol–water partition coefficient (Wildman–Crippen LogP) is 4.18. The zero-order valence-electron chi connectivity index (χ0n) is 18.0. The van der Waals surface area contributed by atoms with Crippen LogP contribution in [-0.2, 0) is 10.2 Å². The zero-order chi connectivity index (χ0) is 21.4. The molecule has 0 saturated carbocycles. The Kier molecular flexibility index (Phi) is 7.63. The molecular weight excluding hydrogens is 376 g/mol. The van der Waals surface area contributed by atoms with Gasteiger partial charge in [-0.1, -0.05) is 43.7 Å². The van der Waals surface area contributed by atoms with Crippen LogP contribution < -0.4 is 10.1 Å². The van der Waals surface area contributed by atoms with Gasteiger partial charge >= 0.3 is 5.97 Å². The molecule has 160 valence electrons. The Morgan fingerprint density at radius 2 is 1.70 bits per heavy atom. The van der Waals surface area contributed by atoms with Crippen molar-refractivity contribution in [3.63, 3.8) is 0 Å². The van der Waals surface area contributed by atoms with Gasteiger partial charge in [0, 0.05) is 24.4 Å². The van der Waals surface area contributed by atoms with Crippen molar-refractivity contribution in [3.8, 4) is 5.75 Å². The van der Waals surface area contributed by atoms with Gasteiger partial charge in [0.1, 0.15) is 5.75 Å². The van der Waals surface area contributed by atoms with Crippen molar-refractivity contribution in [2.24, 2.45) is 0 Å². The number of carbonyl (C=O) groups excluding carboxylic acids is 2. The molecule has 1 N–H and O–H groups in total. The zero-order valence-corrected chi connectivity index (χ0v) is 18.0. The third-order valence-corrected chi connectivity index (χ3v) is 5.99. The second kappa shape index (κ2) is 10.4. The number of hydrogen-bond donors (Lipinski definition) is 1. The highest BCUT2D eigenvalue weighted by Gasteiger charge is 2.36. The van der Waals surface area contributed by atoms with Crippen LogP contribution in [0.2, 0.25) is 0 Å². The average Bonchev–Trinajstić information content (AvgIpc) is 2.77. The highest BCUT2D eigenvalue weighted by atomic mass is 16.5. The monoisotopic (exact) mass is 408 g/mol. The molecule has 0 bridgehead atoms. The molecule has 0 spiro atoms. The van der Waals surface area contributed by atoms with Gasteiger partial charge in [-0.05, 0) is 68.7 Å². The number of ether oxygens (including phenoxy) is 1. The van der Waals surface area contributed by atoms with Crippen molar-refractivity contribution in [3.05, 3.63) is 65.7 Å². The van der Waals surface area contributed by atoms with Gasteiger partial charge in [-0.15, -0.1) is 0 Å². The first-order valence-corrected chi connectivity index (χ1v) is 10.9. The number of esters is 1. The Morgan fingerprint density at radius 3 is 2.30 bits per heavy atom. The van der Waals surface area contributed by atoms with E-state index in [2.05, 4.69) is 41.4 Å². The summed E-state index contributed by atoms with van der Waals surface area (Å²) >= 11 is 0. The van der Waals surface area contributed by atoms with E-state index >= 15 is 0 Å². The van der Waals surface area contributed by atoms with Crippen LogP contribution in [0.1, 0.15) is 55.5 Å². The standard InChI is InChI=1S/C25H32N2O3/c1-3-4-16-27-17-14-25(15-18-27,22-8-6-5-7-9-22)19-26-24(29)21-10-12-23(13-11-21)30-20(2)28/h5-13H,3-4,14-19H2,1-2H3,(H,26,29). The van der Waals surface area contributed by atoms with E-state index in [9.17, 15) is 9.59 Å². The second-order valence-corrected chi connectivity index (χ2v) is 8.14. The molecule has 30 heavy (non-hydrogen) atoms. The number of rotatable bonds is 8. The summed E-state index contributed by atoms with van der Waals surface area (Å²) in [6.07, 6.45) is 4.52. The summed E-state index contributed by atoms with van der Waals surface area (Å²) in [5.41, 5.74) is 1.82. The molecule has 1 saturated heterocycles. The van der Waals surface area contributed by atoms with E-state index in [-0.39, 0.29) is 17.3 Å². The normalized spacial score (nSPS) is 16.1. The molecule has 0 aliphatic carbocycles. The Hall–Kier alpha value is -2.66. The molecule has 2 aromatic rings. The van der Waals surface area contributed by atoms with Crippen LogP contribution in [0.5, 0.6) is 5.75 Å².